The van der Waals surface area contributed by atoms with Crippen LogP contribution < -0.4 is 10.6 Å². The molecule has 2 aromatic carbocycles. The van der Waals surface area contributed by atoms with Crippen molar-refractivity contribution >= 4 is 45.1 Å². The Bertz CT molecular complexity index is 789. The zero-order valence-electron chi connectivity index (χ0n) is 15.0. The lowest BCUT2D eigenvalue weighted by Gasteiger charge is -2.07. The molecule has 7 heteroatoms. The van der Waals surface area contributed by atoms with Crippen LogP contribution in [0.1, 0.15) is 24.8 Å². The molecule has 0 unspecified atom stereocenters. The van der Waals surface area contributed by atoms with Gasteiger partial charge in [0.2, 0.25) is 5.91 Å². The first-order valence-electron chi connectivity index (χ1n) is 8.50. The first kappa shape index (κ1) is 20.6. The fourth-order valence-corrected chi connectivity index (χ4v) is 2.47. The minimum Gasteiger partial charge on any atom is -0.456 e. The topological polar surface area (TPSA) is 84.5 Å². The van der Waals surface area contributed by atoms with Crippen LogP contribution in [0.4, 0.5) is 11.4 Å². The predicted octanol–water partition coefficient (Wildman–Crippen LogP) is 4.05. The third-order valence-corrected chi connectivity index (χ3v) is 4.14. The van der Waals surface area contributed by atoms with Gasteiger partial charge in [-0.05, 0) is 49.7 Å². The van der Waals surface area contributed by atoms with Gasteiger partial charge in [-0.2, -0.15) is 0 Å². The average molecular weight is 433 g/mol. The van der Waals surface area contributed by atoms with Crippen LogP contribution in [-0.4, -0.2) is 24.4 Å². The van der Waals surface area contributed by atoms with Gasteiger partial charge < -0.3 is 15.4 Å². The summed E-state index contributed by atoms with van der Waals surface area (Å²) in [4.78, 5) is 35.3. The highest BCUT2D eigenvalue weighted by Crippen LogP contribution is 2.14. The molecule has 27 heavy (non-hydrogen) atoms. The van der Waals surface area contributed by atoms with E-state index in [0.717, 1.165) is 10.0 Å². The molecule has 2 rings (SSSR count). The molecule has 0 spiro atoms. The number of anilines is 2. The Kier molecular flexibility index (Phi) is 8.00. The summed E-state index contributed by atoms with van der Waals surface area (Å²) in [7, 11) is 0. The van der Waals surface area contributed by atoms with Crippen molar-refractivity contribution in [3.8, 4) is 0 Å². The van der Waals surface area contributed by atoms with Gasteiger partial charge >= 0.3 is 5.97 Å². The van der Waals surface area contributed by atoms with E-state index in [1.807, 2.05) is 31.2 Å². The van der Waals surface area contributed by atoms with Crippen molar-refractivity contribution in [1.82, 2.24) is 0 Å². The minimum atomic E-state index is -0.509. The summed E-state index contributed by atoms with van der Waals surface area (Å²) < 4.78 is 5.85. The third kappa shape index (κ3) is 8.04. The molecule has 0 aromatic heterocycles. The molecular formula is C20H21BrN2O4. The number of halogens is 1. The van der Waals surface area contributed by atoms with Gasteiger partial charge in [0.25, 0.3) is 5.91 Å². The fraction of sp³-hybridized carbons (Fsp3) is 0.250. The van der Waals surface area contributed by atoms with E-state index in [1.54, 1.807) is 24.3 Å². The smallest absolute Gasteiger partial charge is 0.306 e. The van der Waals surface area contributed by atoms with Gasteiger partial charge in [0.15, 0.2) is 6.61 Å². The maximum absolute atomic E-state index is 11.8. The van der Waals surface area contributed by atoms with Gasteiger partial charge in [0.1, 0.15) is 0 Å². The molecule has 0 fully saturated rings. The zero-order chi connectivity index (χ0) is 19.6. The molecular weight excluding hydrogens is 412 g/mol. The van der Waals surface area contributed by atoms with E-state index in [4.69, 9.17) is 4.74 Å². The van der Waals surface area contributed by atoms with Gasteiger partial charge in [0, 0.05) is 28.7 Å². The van der Waals surface area contributed by atoms with Gasteiger partial charge in [-0.15, -0.1) is 0 Å². The lowest BCUT2D eigenvalue weighted by Crippen LogP contribution is -2.21. The maximum atomic E-state index is 11.8. The molecule has 0 bridgehead atoms. The quantitative estimate of drug-likeness (QED) is 0.616. The number of amides is 2. The minimum absolute atomic E-state index is 0.0750. The van der Waals surface area contributed by atoms with Crippen LogP contribution in [0.5, 0.6) is 0 Å². The highest BCUT2D eigenvalue weighted by molar-refractivity contribution is 9.10. The zero-order valence-corrected chi connectivity index (χ0v) is 16.5. The SMILES string of the molecule is Cc1ccc(NC(=O)COC(=O)CCCC(=O)Nc2ccc(Br)cc2)cc1. The van der Waals surface area contributed by atoms with Gasteiger partial charge in [-0.1, -0.05) is 33.6 Å². The second-order valence-corrected chi connectivity index (χ2v) is 6.90. The number of hydrogen-bond donors (Lipinski definition) is 2. The van der Waals surface area contributed by atoms with E-state index in [0.29, 0.717) is 17.8 Å². The number of esters is 1. The van der Waals surface area contributed by atoms with Crippen LogP contribution in [0, 0.1) is 6.92 Å². The largest absolute Gasteiger partial charge is 0.456 e. The van der Waals surface area contributed by atoms with Crippen molar-refractivity contribution < 1.29 is 19.1 Å². The average Bonchev–Trinajstić information content (AvgIpc) is 2.64. The second kappa shape index (κ2) is 10.5. The van der Waals surface area contributed by atoms with Gasteiger partial charge in [-0.3, -0.25) is 14.4 Å². The van der Waals surface area contributed by atoms with E-state index >= 15 is 0 Å². The van der Waals surface area contributed by atoms with Crippen LogP contribution >= 0.6 is 15.9 Å². The molecule has 2 N–H and O–H groups in total. The highest BCUT2D eigenvalue weighted by Gasteiger charge is 2.09. The van der Waals surface area contributed by atoms with Crippen molar-refractivity contribution in [3.05, 3.63) is 58.6 Å². The van der Waals surface area contributed by atoms with E-state index < -0.39 is 11.9 Å². The molecule has 2 aromatic rings. The summed E-state index contributed by atoms with van der Waals surface area (Å²) in [5.41, 5.74) is 2.42. The molecule has 0 saturated heterocycles. The summed E-state index contributed by atoms with van der Waals surface area (Å²) in [6.45, 7) is 1.60. The number of ether oxygens (including phenoxy) is 1. The Labute approximate surface area is 166 Å². The molecule has 2 amide bonds. The summed E-state index contributed by atoms with van der Waals surface area (Å²) in [6.07, 6.45) is 0.618. The van der Waals surface area contributed by atoms with E-state index in [9.17, 15) is 14.4 Å². The van der Waals surface area contributed by atoms with Crippen LogP contribution in [0.25, 0.3) is 0 Å². The standard InChI is InChI=1S/C20H21BrN2O4/c1-14-5-9-16(10-6-14)23-19(25)13-27-20(26)4-2-3-18(24)22-17-11-7-15(21)8-12-17/h5-12H,2-4,13H2,1H3,(H,22,24)(H,23,25). The van der Waals surface area contributed by atoms with Crippen molar-refractivity contribution in [2.45, 2.75) is 26.2 Å². The first-order valence-corrected chi connectivity index (χ1v) is 9.29. The Morgan fingerprint density at radius 1 is 0.852 bits per heavy atom. The predicted molar refractivity (Wildman–Crippen MR) is 107 cm³/mol. The number of aryl methyl sites for hydroxylation is 1. The van der Waals surface area contributed by atoms with E-state index in [1.165, 1.54) is 0 Å². The van der Waals surface area contributed by atoms with Crippen molar-refractivity contribution in [2.75, 3.05) is 17.2 Å². The Hall–Kier alpha value is -2.67. The summed E-state index contributed by atoms with van der Waals surface area (Å²) in [6, 6.07) is 14.5. The molecule has 0 aliphatic rings. The third-order valence-electron chi connectivity index (χ3n) is 3.61. The molecule has 142 valence electrons. The normalized spacial score (nSPS) is 10.1. The highest BCUT2D eigenvalue weighted by atomic mass is 79.9. The number of nitrogens with one attached hydrogen (secondary N) is 2. The van der Waals surface area contributed by atoms with E-state index in [-0.39, 0.29) is 25.4 Å². The van der Waals surface area contributed by atoms with Crippen molar-refractivity contribution in [3.63, 3.8) is 0 Å². The number of carbonyl (C=O) groups excluding carboxylic acids is 3. The maximum Gasteiger partial charge on any atom is 0.306 e. The lowest BCUT2D eigenvalue weighted by atomic mass is 10.2. The Morgan fingerprint density at radius 2 is 1.41 bits per heavy atom. The number of hydrogen-bond acceptors (Lipinski definition) is 4. The number of carbonyl (C=O) groups is 3. The second-order valence-electron chi connectivity index (χ2n) is 5.98. The summed E-state index contributed by atoms with van der Waals surface area (Å²) in [5, 5.41) is 5.39. The molecule has 0 atom stereocenters. The monoisotopic (exact) mass is 432 g/mol. The molecule has 6 nitrogen and oxygen atoms in total. The van der Waals surface area contributed by atoms with Crippen LogP contribution in [-0.2, 0) is 19.1 Å². The molecule has 0 saturated carbocycles. The van der Waals surface area contributed by atoms with E-state index in [2.05, 4.69) is 26.6 Å². The van der Waals surface area contributed by atoms with Crippen molar-refractivity contribution in [1.29, 1.82) is 0 Å². The first-order chi connectivity index (χ1) is 12.9. The van der Waals surface area contributed by atoms with Crippen LogP contribution in [0.2, 0.25) is 0 Å². The van der Waals surface area contributed by atoms with Gasteiger partial charge in [-0.25, -0.2) is 0 Å². The van der Waals surface area contributed by atoms with Gasteiger partial charge in [0.05, 0.1) is 0 Å². The fourth-order valence-electron chi connectivity index (χ4n) is 2.20. The summed E-state index contributed by atoms with van der Waals surface area (Å²) in [5.74, 6) is -1.09. The molecule has 0 aliphatic heterocycles. The molecule has 0 heterocycles. The molecule has 0 radical (unpaired) electrons. The Morgan fingerprint density at radius 3 is 2.04 bits per heavy atom. The Balaban J connectivity index is 1.61. The van der Waals surface area contributed by atoms with Crippen LogP contribution in [0.15, 0.2) is 53.0 Å². The van der Waals surface area contributed by atoms with Crippen molar-refractivity contribution in [2.24, 2.45) is 0 Å². The molecule has 0 aliphatic carbocycles. The lowest BCUT2D eigenvalue weighted by molar-refractivity contribution is -0.147. The summed E-state index contributed by atoms with van der Waals surface area (Å²) >= 11 is 3.32. The van der Waals surface area contributed by atoms with Crippen LogP contribution in [0.3, 0.4) is 0 Å². The number of benzene rings is 2. The number of rotatable bonds is 8.